The molecule has 1 aliphatic heterocycles. The molecule has 0 radical (unpaired) electrons. The van der Waals surface area contributed by atoms with E-state index in [1.807, 2.05) is 36.1 Å². The Morgan fingerprint density at radius 1 is 1.04 bits per heavy atom. The highest BCUT2D eigenvalue weighted by Crippen LogP contribution is 2.31. The van der Waals surface area contributed by atoms with Gasteiger partial charge in [-0.05, 0) is 56.8 Å². The molecule has 1 saturated carbocycles. The van der Waals surface area contributed by atoms with E-state index in [2.05, 4.69) is 17.1 Å². The molecule has 0 atom stereocenters. The topological polar surface area (TPSA) is 52.7 Å². The normalized spacial score (nSPS) is 24.3. The molecule has 1 heterocycles. The Labute approximate surface area is 156 Å². The maximum atomic E-state index is 12.8. The van der Waals surface area contributed by atoms with E-state index >= 15 is 0 Å². The first-order valence-electron chi connectivity index (χ1n) is 9.95. The van der Waals surface area contributed by atoms with Gasteiger partial charge in [0, 0.05) is 43.7 Å². The summed E-state index contributed by atoms with van der Waals surface area (Å²) in [5.74, 6) is 0.527. The molecule has 5 heteroatoms. The van der Waals surface area contributed by atoms with E-state index in [1.165, 1.54) is 0 Å². The predicted molar refractivity (Wildman–Crippen MR) is 104 cm³/mol. The lowest BCUT2D eigenvalue weighted by Crippen LogP contribution is -2.50. The van der Waals surface area contributed by atoms with Crippen molar-refractivity contribution in [3.05, 3.63) is 29.8 Å². The van der Waals surface area contributed by atoms with Gasteiger partial charge in [-0.2, -0.15) is 0 Å². The van der Waals surface area contributed by atoms with Gasteiger partial charge in [0.25, 0.3) is 0 Å². The Hall–Kier alpha value is -1.88. The fraction of sp³-hybridized carbons (Fsp3) is 0.619. The zero-order valence-corrected chi connectivity index (χ0v) is 16.0. The summed E-state index contributed by atoms with van der Waals surface area (Å²) in [4.78, 5) is 29.7. The highest BCUT2D eigenvalue weighted by molar-refractivity contribution is 5.92. The molecule has 1 aliphatic carbocycles. The van der Waals surface area contributed by atoms with Crippen molar-refractivity contribution in [3.8, 4) is 0 Å². The minimum absolute atomic E-state index is 0.0245. The van der Waals surface area contributed by atoms with Gasteiger partial charge in [-0.15, -0.1) is 0 Å². The van der Waals surface area contributed by atoms with Crippen LogP contribution in [0.15, 0.2) is 24.3 Å². The number of rotatable bonds is 4. The van der Waals surface area contributed by atoms with Crippen LogP contribution < -0.4 is 5.32 Å². The van der Waals surface area contributed by atoms with Crippen LogP contribution in [0.1, 0.15) is 38.2 Å². The van der Waals surface area contributed by atoms with Crippen molar-refractivity contribution >= 4 is 17.5 Å². The van der Waals surface area contributed by atoms with Crippen LogP contribution in [0.25, 0.3) is 0 Å². The second kappa shape index (κ2) is 8.67. The number of carbonyl (C=O) groups excluding carboxylic acids is 2. The van der Waals surface area contributed by atoms with Gasteiger partial charge in [0.1, 0.15) is 0 Å². The van der Waals surface area contributed by atoms with Crippen molar-refractivity contribution in [1.82, 2.24) is 9.80 Å². The number of hydrogen-bond acceptors (Lipinski definition) is 3. The fourth-order valence-electron chi connectivity index (χ4n) is 4.11. The number of anilines is 1. The quantitative estimate of drug-likeness (QED) is 0.901. The van der Waals surface area contributed by atoms with Crippen LogP contribution >= 0.6 is 0 Å². The molecule has 2 aliphatic rings. The molecule has 0 aromatic heterocycles. The van der Waals surface area contributed by atoms with Gasteiger partial charge in [0.2, 0.25) is 11.8 Å². The number of carbonyl (C=O) groups is 2. The standard InChI is InChI=1S/C21H31N3O2/c1-3-23-11-13-24(14-12-23)21(26)18-9-7-17(8-10-18)20(25)22-19-6-4-5-16(2)15-19/h4-6,15,17-18H,3,7-14H2,1-2H3,(H,22,25). The number of aryl methyl sites for hydroxylation is 1. The highest BCUT2D eigenvalue weighted by Gasteiger charge is 2.33. The average molecular weight is 357 g/mol. The smallest absolute Gasteiger partial charge is 0.227 e. The molecular formula is C21H31N3O2. The fourth-order valence-corrected chi connectivity index (χ4v) is 4.11. The lowest BCUT2D eigenvalue weighted by Gasteiger charge is -2.37. The molecule has 5 nitrogen and oxygen atoms in total. The van der Waals surface area contributed by atoms with Gasteiger partial charge in [-0.3, -0.25) is 9.59 Å². The van der Waals surface area contributed by atoms with Crippen LogP contribution in [0.3, 0.4) is 0 Å². The summed E-state index contributed by atoms with van der Waals surface area (Å²) < 4.78 is 0. The van der Waals surface area contributed by atoms with E-state index in [0.717, 1.165) is 69.7 Å². The van der Waals surface area contributed by atoms with Gasteiger partial charge < -0.3 is 15.1 Å². The van der Waals surface area contributed by atoms with Crippen molar-refractivity contribution in [1.29, 1.82) is 0 Å². The maximum Gasteiger partial charge on any atom is 0.227 e. The van der Waals surface area contributed by atoms with Crippen molar-refractivity contribution in [2.24, 2.45) is 11.8 Å². The summed E-state index contributed by atoms with van der Waals surface area (Å²) >= 11 is 0. The summed E-state index contributed by atoms with van der Waals surface area (Å²) in [6, 6.07) is 7.89. The van der Waals surface area contributed by atoms with Crippen LogP contribution in [0, 0.1) is 18.8 Å². The zero-order chi connectivity index (χ0) is 18.5. The van der Waals surface area contributed by atoms with Gasteiger partial charge in [-0.1, -0.05) is 19.1 Å². The SMILES string of the molecule is CCN1CCN(C(=O)C2CCC(C(=O)Nc3cccc(C)c3)CC2)CC1. The third-order valence-electron chi connectivity index (χ3n) is 5.86. The lowest BCUT2D eigenvalue weighted by atomic mass is 9.80. The Balaban J connectivity index is 1.46. The molecule has 1 aromatic rings. The largest absolute Gasteiger partial charge is 0.340 e. The molecule has 2 amide bonds. The summed E-state index contributed by atoms with van der Waals surface area (Å²) in [5.41, 5.74) is 2.00. The number of hydrogen-bond donors (Lipinski definition) is 1. The molecule has 1 saturated heterocycles. The Bertz CT molecular complexity index is 630. The van der Waals surface area contributed by atoms with E-state index in [4.69, 9.17) is 0 Å². The van der Waals surface area contributed by atoms with Crippen molar-refractivity contribution in [2.75, 3.05) is 38.0 Å². The average Bonchev–Trinajstić information content (AvgIpc) is 2.67. The van der Waals surface area contributed by atoms with Gasteiger partial charge in [0.05, 0.1) is 0 Å². The van der Waals surface area contributed by atoms with E-state index in [0.29, 0.717) is 5.91 Å². The molecule has 0 bridgehead atoms. The first-order valence-corrected chi connectivity index (χ1v) is 9.95. The molecule has 1 aromatic carbocycles. The summed E-state index contributed by atoms with van der Waals surface area (Å²) in [5, 5.41) is 3.03. The third kappa shape index (κ3) is 4.64. The molecule has 1 N–H and O–H groups in total. The van der Waals surface area contributed by atoms with E-state index < -0.39 is 0 Å². The van der Waals surface area contributed by atoms with E-state index in [-0.39, 0.29) is 17.7 Å². The molecular weight excluding hydrogens is 326 g/mol. The van der Waals surface area contributed by atoms with Crippen molar-refractivity contribution < 1.29 is 9.59 Å². The van der Waals surface area contributed by atoms with Gasteiger partial charge in [0.15, 0.2) is 0 Å². The van der Waals surface area contributed by atoms with Crippen LogP contribution in [0.4, 0.5) is 5.69 Å². The summed E-state index contributed by atoms with van der Waals surface area (Å²) in [7, 11) is 0. The van der Waals surface area contributed by atoms with E-state index in [9.17, 15) is 9.59 Å². The molecule has 0 spiro atoms. The lowest BCUT2D eigenvalue weighted by molar-refractivity contribution is -0.139. The Kier molecular flexibility index (Phi) is 6.30. The number of likely N-dealkylation sites (N-methyl/N-ethyl adjacent to an activating group) is 1. The van der Waals surface area contributed by atoms with E-state index in [1.54, 1.807) is 0 Å². The second-order valence-corrected chi connectivity index (χ2v) is 7.67. The monoisotopic (exact) mass is 357 g/mol. The predicted octanol–water partition coefficient (Wildman–Crippen LogP) is 2.90. The highest BCUT2D eigenvalue weighted by atomic mass is 16.2. The number of piperazine rings is 1. The number of amides is 2. The molecule has 0 unspecified atom stereocenters. The maximum absolute atomic E-state index is 12.8. The number of benzene rings is 1. The van der Waals surface area contributed by atoms with Crippen molar-refractivity contribution in [3.63, 3.8) is 0 Å². The van der Waals surface area contributed by atoms with Crippen LogP contribution in [0.2, 0.25) is 0 Å². The molecule has 2 fully saturated rings. The number of nitrogens with zero attached hydrogens (tertiary/aromatic N) is 2. The van der Waals surface area contributed by atoms with Gasteiger partial charge in [-0.25, -0.2) is 0 Å². The number of nitrogens with one attached hydrogen (secondary N) is 1. The van der Waals surface area contributed by atoms with Crippen LogP contribution in [-0.2, 0) is 9.59 Å². The summed E-state index contributed by atoms with van der Waals surface area (Å²) in [6.45, 7) is 8.91. The first-order chi connectivity index (χ1) is 12.6. The Morgan fingerprint density at radius 2 is 1.69 bits per heavy atom. The Morgan fingerprint density at radius 3 is 2.31 bits per heavy atom. The van der Waals surface area contributed by atoms with Gasteiger partial charge >= 0.3 is 0 Å². The third-order valence-corrected chi connectivity index (χ3v) is 5.86. The first kappa shape index (κ1) is 18.9. The van der Waals surface area contributed by atoms with Crippen LogP contribution in [-0.4, -0.2) is 54.3 Å². The molecule has 3 rings (SSSR count). The minimum Gasteiger partial charge on any atom is -0.340 e. The zero-order valence-electron chi connectivity index (χ0n) is 16.0. The molecule has 142 valence electrons. The summed E-state index contributed by atoms with van der Waals surface area (Å²) in [6.07, 6.45) is 3.28. The van der Waals surface area contributed by atoms with Crippen LogP contribution in [0.5, 0.6) is 0 Å². The molecule has 26 heavy (non-hydrogen) atoms. The van der Waals surface area contributed by atoms with Crippen molar-refractivity contribution in [2.45, 2.75) is 39.5 Å². The second-order valence-electron chi connectivity index (χ2n) is 7.67. The minimum atomic E-state index is 0.0245.